The number of para-hydroxylation sites is 2. The molecule has 0 saturated heterocycles. The van der Waals surface area contributed by atoms with Crippen molar-refractivity contribution < 1.29 is 13.9 Å². The number of amides is 1. The van der Waals surface area contributed by atoms with Gasteiger partial charge in [0, 0.05) is 12.2 Å². The second kappa shape index (κ2) is 12.0. The van der Waals surface area contributed by atoms with E-state index < -0.39 is 5.82 Å². The first-order chi connectivity index (χ1) is 17.1. The molecular formula is C27H25FN4O2S. The van der Waals surface area contributed by atoms with Crippen LogP contribution in [0, 0.1) is 5.82 Å². The molecule has 1 aromatic heterocycles. The minimum Gasteiger partial charge on any atom is -0.483 e. The van der Waals surface area contributed by atoms with Crippen LogP contribution in [0.25, 0.3) is 0 Å². The van der Waals surface area contributed by atoms with Crippen molar-refractivity contribution in [2.75, 3.05) is 11.1 Å². The Kier molecular flexibility index (Phi) is 8.30. The molecule has 1 amide bonds. The molecule has 35 heavy (non-hydrogen) atoms. The maximum atomic E-state index is 13.9. The Labute approximate surface area is 207 Å². The molecule has 0 unspecified atom stereocenters. The zero-order chi connectivity index (χ0) is 24.5. The summed E-state index contributed by atoms with van der Waals surface area (Å²) in [5.41, 5.74) is 3.00. The fourth-order valence-electron chi connectivity index (χ4n) is 3.48. The third-order valence-corrected chi connectivity index (χ3v) is 6.13. The van der Waals surface area contributed by atoms with E-state index in [0.29, 0.717) is 17.5 Å². The quantitative estimate of drug-likeness (QED) is 0.223. The lowest BCUT2D eigenvalue weighted by atomic mass is 10.0. The summed E-state index contributed by atoms with van der Waals surface area (Å²) in [6, 6.07) is 24.1. The van der Waals surface area contributed by atoms with Gasteiger partial charge in [0.05, 0.1) is 5.75 Å². The van der Waals surface area contributed by atoms with Crippen LogP contribution in [0.15, 0.2) is 96.7 Å². The predicted molar refractivity (Wildman–Crippen MR) is 136 cm³/mol. The van der Waals surface area contributed by atoms with Crippen LogP contribution in [0.5, 0.6) is 5.75 Å². The van der Waals surface area contributed by atoms with Crippen molar-refractivity contribution >= 4 is 23.4 Å². The Morgan fingerprint density at radius 3 is 2.57 bits per heavy atom. The topological polar surface area (TPSA) is 69.0 Å². The van der Waals surface area contributed by atoms with Crippen molar-refractivity contribution in [2.45, 2.75) is 24.7 Å². The Balaban J connectivity index is 1.38. The number of carbonyl (C=O) groups excluding carboxylic acids is 1. The number of benzene rings is 3. The van der Waals surface area contributed by atoms with Crippen LogP contribution in [-0.2, 0) is 24.4 Å². The summed E-state index contributed by atoms with van der Waals surface area (Å²) < 4.78 is 21.2. The van der Waals surface area contributed by atoms with Gasteiger partial charge >= 0.3 is 0 Å². The third-order valence-electron chi connectivity index (χ3n) is 5.16. The van der Waals surface area contributed by atoms with Gasteiger partial charge in [-0.2, -0.15) is 0 Å². The number of hydrogen-bond donors (Lipinski definition) is 1. The number of halogens is 1. The van der Waals surface area contributed by atoms with Crippen molar-refractivity contribution in [2.24, 2.45) is 0 Å². The van der Waals surface area contributed by atoms with E-state index in [1.807, 2.05) is 42.5 Å². The van der Waals surface area contributed by atoms with E-state index in [-0.39, 0.29) is 24.0 Å². The van der Waals surface area contributed by atoms with E-state index in [1.165, 1.54) is 23.4 Å². The summed E-state index contributed by atoms with van der Waals surface area (Å²) in [6.07, 6.45) is 2.43. The van der Waals surface area contributed by atoms with Crippen molar-refractivity contribution in [3.8, 4) is 5.75 Å². The molecule has 0 aliphatic carbocycles. The summed E-state index contributed by atoms with van der Waals surface area (Å²) in [5, 5.41) is 11.9. The Morgan fingerprint density at radius 2 is 1.77 bits per heavy atom. The third kappa shape index (κ3) is 6.58. The molecule has 4 rings (SSSR count). The summed E-state index contributed by atoms with van der Waals surface area (Å²) in [4.78, 5) is 12.7. The fraction of sp³-hybridized carbons (Fsp3) is 0.148. The Bertz CT molecular complexity index is 1290. The normalized spacial score (nSPS) is 10.7. The van der Waals surface area contributed by atoms with E-state index in [4.69, 9.17) is 4.74 Å². The number of aromatic nitrogens is 3. The maximum Gasteiger partial charge on any atom is 0.234 e. The van der Waals surface area contributed by atoms with Gasteiger partial charge in [0.25, 0.3) is 0 Å². The molecule has 3 aromatic carbocycles. The molecule has 1 N–H and O–H groups in total. The SMILES string of the molecule is C=CCn1c(COc2ccccc2F)nnc1SCC(=O)Nc1ccccc1Cc1ccccc1. The van der Waals surface area contributed by atoms with Crippen LogP contribution < -0.4 is 10.1 Å². The maximum absolute atomic E-state index is 13.9. The van der Waals surface area contributed by atoms with Crippen molar-refractivity contribution in [3.63, 3.8) is 0 Å². The summed E-state index contributed by atoms with van der Waals surface area (Å²) in [7, 11) is 0. The van der Waals surface area contributed by atoms with Crippen LogP contribution >= 0.6 is 11.8 Å². The smallest absolute Gasteiger partial charge is 0.234 e. The van der Waals surface area contributed by atoms with E-state index in [2.05, 4.69) is 34.2 Å². The second-order valence-electron chi connectivity index (χ2n) is 7.67. The monoisotopic (exact) mass is 488 g/mol. The second-order valence-corrected chi connectivity index (χ2v) is 8.62. The van der Waals surface area contributed by atoms with Crippen molar-refractivity contribution in [3.05, 3.63) is 114 Å². The molecule has 6 nitrogen and oxygen atoms in total. The molecule has 1 heterocycles. The van der Waals surface area contributed by atoms with Crippen LogP contribution in [0.1, 0.15) is 17.0 Å². The summed E-state index contributed by atoms with van der Waals surface area (Å²) in [6.45, 7) is 4.26. The van der Waals surface area contributed by atoms with Crippen LogP contribution in [0.2, 0.25) is 0 Å². The number of nitrogens with one attached hydrogen (secondary N) is 1. The van der Waals surface area contributed by atoms with Crippen molar-refractivity contribution in [1.29, 1.82) is 0 Å². The van der Waals surface area contributed by atoms with E-state index in [9.17, 15) is 9.18 Å². The average molecular weight is 489 g/mol. The van der Waals surface area contributed by atoms with E-state index >= 15 is 0 Å². The van der Waals surface area contributed by atoms with Gasteiger partial charge in [-0.3, -0.25) is 9.36 Å². The Morgan fingerprint density at radius 1 is 1.03 bits per heavy atom. The van der Waals surface area contributed by atoms with Gasteiger partial charge in [0.2, 0.25) is 5.91 Å². The van der Waals surface area contributed by atoms with Crippen LogP contribution in [0.4, 0.5) is 10.1 Å². The van der Waals surface area contributed by atoms with Gasteiger partial charge in [-0.15, -0.1) is 16.8 Å². The lowest BCUT2D eigenvalue weighted by Crippen LogP contribution is -2.16. The van der Waals surface area contributed by atoms with E-state index in [0.717, 1.165) is 17.7 Å². The fourth-order valence-corrected chi connectivity index (χ4v) is 4.24. The number of thioether (sulfide) groups is 1. The lowest BCUT2D eigenvalue weighted by molar-refractivity contribution is -0.113. The molecule has 8 heteroatoms. The first-order valence-corrected chi connectivity index (χ1v) is 12.1. The highest BCUT2D eigenvalue weighted by Crippen LogP contribution is 2.22. The summed E-state index contributed by atoms with van der Waals surface area (Å²) in [5.74, 6) is 0.227. The van der Waals surface area contributed by atoms with Gasteiger partial charge in [-0.25, -0.2) is 4.39 Å². The zero-order valence-electron chi connectivity index (χ0n) is 19.1. The molecule has 0 aliphatic heterocycles. The first-order valence-electron chi connectivity index (χ1n) is 11.1. The molecule has 0 fully saturated rings. The van der Waals surface area contributed by atoms with Crippen molar-refractivity contribution in [1.82, 2.24) is 14.8 Å². The van der Waals surface area contributed by atoms with E-state index in [1.54, 1.807) is 28.8 Å². The number of hydrogen-bond acceptors (Lipinski definition) is 5. The highest BCUT2D eigenvalue weighted by atomic mass is 32.2. The van der Waals surface area contributed by atoms with Gasteiger partial charge in [0.15, 0.2) is 22.5 Å². The highest BCUT2D eigenvalue weighted by Gasteiger charge is 2.15. The van der Waals surface area contributed by atoms with Crippen LogP contribution in [0.3, 0.4) is 0 Å². The minimum atomic E-state index is -0.443. The first kappa shape index (κ1) is 24.2. The zero-order valence-corrected chi connectivity index (χ0v) is 19.9. The molecule has 0 spiro atoms. The predicted octanol–water partition coefficient (Wildman–Crippen LogP) is 5.50. The molecule has 0 bridgehead atoms. The number of carbonyl (C=O) groups is 1. The number of ether oxygens (including phenoxy) is 1. The standard InChI is InChI=1S/C27H25FN4O2S/c1-2-16-32-25(18-34-24-15-9-7-13-22(24)28)30-31-27(32)35-19-26(33)29-23-14-8-6-12-21(23)17-20-10-4-3-5-11-20/h2-15H,1,16-19H2,(H,29,33). The van der Waals surface area contributed by atoms with Gasteiger partial charge in [0.1, 0.15) is 6.61 Å². The molecular weight excluding hydrogens is 463 g/mol. The molecule has 0 aliphatic rings. The Hall–Kier alpha value is -3.91. The summed E-state index contributed by atoms with van der Waals surface area (Å²) >= 11 is 1.27. The molecule has 0 atom stereocenters. The number of nitrogens with zero attached hydrogens (tertiary/aromatic N) is 3. The number of anilines is 1. The molecule has 0 saturated carbocycles. The van der Waals surface area contributed by atoms with Gasteiger partial charge < -0.3 is 10.1 Å². The van der Waals surface area contributed by atoms with Gasteiger partial charge in [-0.05, 0) is 35.7 Å². The molecule has 178 valence electrons. The van der Waals surface area contributed by atoms with Gasteiger partial charge in [-0.1, -0.05) is 78.5 Å². The van der Waals surface area contributed by atoms with Crippen LogP contribution in [-0.4, -0.2) is 26.4 Å². The lowest BCUT2D eigenvalue weighted by Gasteiger charge is -2.12. The highest BCUT2D eigenvalue weighted by molar-refractivity contribution is 7.99. The minimum absolute atomic E-state index is 0.0430. The number of allylic oxidation sites excluding steroid dienone is 1. The molecule has 4 aromatic rings. The average Bonchev–Trinajstić information content (AvgIpc) is 3.26. The largest absolute Gasteiger partial charge is 0.483 e. The number of rotatable bonds is 11. The molecule has 0 radical (unpaired) electrons.